The van der Waals surface area contributed by atoms with Crippen LogP contribution in [0, 0.1) is 5.82 Å². The van der Waals surface area contributed by atoms with E-state index in [9.17, 15) is 22.7 Å². The van der Waals surface area contributed by atoms with Gasteiger partial charge in [-0.15, -0.1) is 0 Å². The van der Waals surface area contributed by atoms with Gasteiger partial charge in [0.25, 0.3) is 10.0 Å². The Morgan fingerprint density at radius 1 is 1.16 bits per heavy atom. The second-order valence-electron chi connectivity index (χ2n) is 9.06. The number of pyridine rings is 1. The Balaban J connectivity index is 1.29. The van der Waals surface area contributed by atoms with Gasteiger partial charge in [0, 0.05) is 36.1 Å². The fourth-order valence-corrected chi connectivity index (χ4v) is 5.81. The summed E-state index contributed by atoms with van der Waals surface area (Å²) in [5.41, 5.74) is 1.97. The number of sulfonamides is 1. The molecule has 3 aromatic rings. The molecular formula is C26H26FN3O6S. The van der Waals surface area contributed by atoms with Gasteiger partial charge in [0.05, 0.1) is 24.0 Å². The van der Waals surface area contributed by atoms with Crippen LogP contribution in [0.25, 0.3) is 0 Å². The van der Waals surface area contributed by atoms with E-state index in [-0.39, 0.29) is 29.7 Å². The number of nitrogens with zero attached hydrogens (tertiary/aromatic N) is 1. The number of benzene rings is 2. The number of fused-ring (bicyclic) bond motifs is 3. The first-order valence-electron chi connectivity index (χ1n) is 11.8. The molecule has 3 N–H and O–H groups in total. The summed E-state index contributed by atoms with van der Waals surface area (Å²) in [6.45, 7) is 0.0609. The highest BCUT2D eigenvalue weighted by molar-refractivity contribution is 7.92. The van der Waals surface area contributed by atoms with E-state index in [4.69, 9.17) is 9.47 Å². The first-order valence-corrected chi connectivity index (χ1v) is 13.3. The zero-order valence-corrected chi connectivity index (χ0v) is 20.5. The molecule has 0 saturated carbocycles. The molecule has 3 heterocycles. The second-order valence-corrected chi connectivity index (χ2v) is 10.7. The van der Waals surface area contributed by atoms with Crippen molar-refractivity contribution in [1.29, 1.82) is 0 Å². The highest BCUT2D eigenvalue weighted by Gasteiger charge is 2.46. The van der Waals surface area contributed by atoms with Crippen molar-refractivity contribution in [3.8, 4) is 5.75 Å². The van der Waals surface area contributed by atoms with Crippen LogP contribution >= 0.6 is 0 Å². The van der Waals surface area contributed by atoms with Crippen molar-refractivity contribution in [2.45, 2.75) is 48.5 Å². The molecule has 2 aromatic carbocycles. The van der Waals surface area contributed by atoms with Crippen LogP contribution < -0.4 is 14.8 Å². The van der Waals surface area contributed by atoms with Gasteiger partial charge >= 0.3 is 0 Å². The number of nitrogens with one attached hydrogen (secondary N) is 2. The van der Waals surface area contributed by atoms with Crippen molar-refractivity contribution in [3.05, 3.63) is 83.9 Å². The number of carbonyl (C=O) groups is 1. The van der Waals surface area contributed by atoms with E-state index in [2.05, 4.69) is 15.0 Å². The average molecular weight is 528 g/mol. The van der Waals surface area contributed by atoms with E-state index < -0.39 is 34.2 Å². The number of hydrogen-bond acceptors (Lipinski definition) is 7. The zero-order valence-electron chi connectivity index (χ0n) is 19.7. The maximum Gasteiger partial charge on any atom is 0.261 e. The van der Waals surface area contributed by atoms with Gasteiger partial charge in [0.1, 0.15) is 23.8 Å². The van der Waals surface area contributed by atoms with Gasteiger partial charge in [-0.2, -0.15) is 0 Å². The van der Waals surface area contributed by atoms with Crippen LogP contribution in [0.4, 0.5) is 10.1 Å². The van der Waals surface area contributed by atoms with E-state index in [0.29, 0.717) is 24.4 Å². The molecule has 0 spiro atoms. The molecule has 37 heavy (non-hydrogen) atoms. The molecule has 1 fully saturated rings. The predicted octanol–water partition coefficient (Wildman–Crippen LogP) is 2.72. The zero-order chi connectivity index (χ0) is 26.0. The summed E-state index contributed by atoms with van der Waals surface area (Å²) in [5, 5.41) is 12.8. The lowest BCUT2D eigenvalue weighted by Crippen LogP contribution is -2.47. The molecule has 9 nitrogen and oxygen atoms in total. The quantitative estimate of drug-likeness (QED) is 0.411. The smallest absolute Gasteiger partial charge is 0.261 e. The lowest BCUT2D eigenvalue weighted by atomic mass is 9.84. The SMILES string of the molecule is O=C(C[C@@H]1C[C@H]2c3cc(NS(=O)(=O)c4ccc(F)cc4)ccc3O[C@H]2[C@@H](CO)O1)NCc1cccnc1. The normalized spacial score (nSPS) is 22.4. The molecule has 5 rings (SSSR count). The Morgan fingerprint density at radius 2 is 1.97 bits per heavy atom. The topological polar surface area (TPSA) is 127 Å². The first kappa shape index (κ1) is 25.1. The molecule has 0 bridgehead atoms. The monoisotopic (exact) mass is 527 g/mol. The minimum atomic E-state index is -3.93. The minimum Gasteiger partial charge on any atom is -0.487 e. The maximum atomic E-state index is 13.2. The van der Waals surface area contributed by atoms with E-state index >= 15 is 0 Å². The average Bonchev–Trinajstić information content (AvgIpc) is 3.25. The highest BCUT2D eigenvalue weighted by atomic mass is 32.2. The summed E-state index contributed by atoms with van der Waals surface area (Å²) < 4.78 is 53.3. The van der Waals surface area contributed by atoms with E-state index in [1.165, 1.54) is 12.1 Å². The number of aliphatic hydroxyl groups excluding tert-OH is 1. The Labute approximate surface area is 213 Å². The van der Waals surface area contributed by atoms with Crippen molar-refractivity contribution >= 4 is 21.6 Å². The van der Waals surface area contributed by atoms with E-state index in [1.54, 1.807) is 36.7 Å². The van der Waals surface area contributed by atoms with Crippen molar-refractivity contribution in [2.24, 2.45) is 0 Å². The van der Waals surface area contributed by atoms with Crippen LogP contribution in [0.2, 0.25) is 0 Å². The fourth-order valence-electron chi connectivity index (χ4n) is 4.76. The van der Waals surface area contributed by atoms with Gasteiger partial charge < -0.3 is 19.9 Å². The highest BCUT2D eigenvalue weighted by Crippen LogP contribution is 2.47. The Morgan fingerprint density at radius 3 is 2.70 bits per heavy atom. The molecule has 2 aliphatic rings. The summed E-state index contributed by atoms with van der Waals surface area (Å²) in [4.78, 5) is 16.5. The van der Waals surface area contributed by atoms with Crippen LogP contribution in [0.5, 0.6) is 5.75 Å². The van der Waals surface area contributed by atoms with Crippen molar-refractivity contribution in [2.75, 3.05) is 11.3 Å². The van der Waals surface area contributed by atoms with Crippen LogP contribution in [0.3, 0.4) is 0 Å². The second kappa shape index (κ2) is 10.4. The first-order chi connectivity index (χ1) is 17.8. The number of aromatic nitrogens is 1. The number of rotatable bonds is 8. The molecule has 0 aliphatic carbocycles. The minimum absolute atomic E-state index is 0.0627. The standard InChI is InChI=1S/C26H26FN3O6S/c27-17-3-6-20(7-4-17)37(33,34)30-18-5-8-23-21(10-18)22-11-19(35-24(15-31)26(22)36-23)12-25(32)29-14-16-2-1-9-28-13-16/h1-10,13,19,22,24,26,30-31H,11-12,14-15H2,(H,29,32)/t19-,22-,24+,26+/m0/s1. The van der Waals surface area contributed by atoms with Crippen LogP contribution in [0.15, 0.2) is 71.9 Å². The lowest BCUT2D eigenvalue weighted by Gasteiger charge is -2.37. The summed E-state index contributed by atoms with van der Waals surface area (Å²) in [6, 6.07) is 13.2. The van der Waals surface area contributed by atoms with Gasteiger partial charge in [-0.05, 0) is 60.5 Å². The van der Waals surface area contributed by atoms with Crippen molar-refractivity contribution < 1.29 is 32.2 Å². The Bertz CT molecular complexity index is 1370. The predicted molar refractivity (Wildman–Crippen MR) is 132 cm³/mol. The molecule has 4 atom stereocenters. The van der Waals surface area contributed by atoms with Crippen LogP contribution in [-0.4, -0.2) is 49.3 Å². The third kappa shape index (κ3) is 5.58. The van der Waals surface area contributed by atoms with E-state index in [0.717, 1.165) is 23.3 Å². The summed E-state index contributed by atoms with van der Waals surface area (Å²) in [7, 11) is -3.93. The van der Waals surface area contributed by atoms with Gasteiger partial charge in [-0.25, -0.2) is 12.8 Å². The van der Waals surface area contributed by atoms with E-state index in [1.807, 2.05) is 6.07 Å². The van der Waals surface area contributed by atoms with Crippen molar-refractivity contribution in [1.82, 2.24) is 10.3 Å². The van der Waals surface area contributed by atoms with Gasteiger partial charge in [0.2, 0.25) is 5.91 Å². The molecule has 0 radical (unpaired) electrons. The van der Waals surface area contributed by atoms with Crippen molar-refractivity contribution in [3.63, 3.8) is 0 Å². The third-order valence-corrected chi connectivity index (χ3v) is 7.90. The van der Waals surface area contributed by atoms with Gasteiger partial charge in [0.15, 0.2) is 0 Å². The largest absolute Gasteiger partial charge is 0.487 e. The molecule has 2 aliphatic heterocycles. The summed E-state index contributed by atoms with van der Waals surface area (Å²) >= 11 is 0. The Kier molecular flexibility index (Phi) is 7.09. The molecular weight excluding hydrogens is 501 g/mol. The summed E-state index contributed by atoms with van der Waals surface area (Å²) in [6.07, 6.45) is 2.35. The Hall–Kier alpha value is -3.54. The van der Waals surface area contributed by atoms with Crippen LogP contribution in [-0.2, 0) is 26.1 Å². The molecule has 1 aromatic heterocycles. The number of hydrogen-bond donors (Lipinski definition) is 3. The molecule has 11 heteroatoms. The maximum absolute atomic E-state index is 13.2. The molecule has 0 unspecified atom stereocenters. The number of aliphatic hydroxyl groups is 1. The number of ether oxygens (including phenoxy) is 2. The number of carbonyl (C=O) groups excluding carboxylic acids is 1. The van der Waals surface area contributed by atoms with Gasteiger partial charge in [-0.1, -0.05) is 6.07 Å². The summed E-state index contributed by atoms with van der Waals surface area (Å²) in [5.74, 6) is -0.349. The number of halogens is 1. The van der Waals surface area contributed by atoms with Crippen LogP contribution in [0.1, 0.15) is 29.9 Å². The third-order valence-electron chi connectivity index (χ3n) is 6.50. The lowest BCUT2D eigenvalue weighted by molar-refractivity contribution is -0.142. The molecule has 194 valence electrons. The number of amides is 1. The molecule has 1 saturated heterocycles. The number of anilines is 1. The van der Waals surface area contributed by atoms with Gasteiger partial charge in [-0.3, -0.25) is 14.5 Å². The fraction of sp³-hybridized carbons (Fsp3) is 0.308. The molecule has 1 amide bonds.